The van der Waals surface area contributed by atoms with Crippen molar-refractivity contribution in [1.82, 2.24) is 0 Å². The fraction of sp³-hybridized carbons (Fsp3) is 0.143. The number of hydrogen-bond donors (Lipinski definition) is 2. The van der Waals surface area contributed by atoms with Crippen molar-refractivity contribution < 1.29 is 9.53 Å². The van der Waals surface area contributed by atoms with Crippen LogP contribution in [0, 0.1) is 0 Å². The molecule has 2 rings (SSSR count). The number of thiophene rings is 1. The van der Waals surface area contributed by atoms with Crippen molar-refractivity contribution in [3.05, 3.63) is 46.2 Å². The molecule has 1 aromatic heterocycles. The Hall–Kier alpha value is -1.92. The summed E-state index contributed by atoms with van der Waals surface area (Å²) in [6.45, 7) is 0. The highest BCUT2D eigenvalue weighted by atomic mass is 32.1. The van der Waals surface area contributed by atoms with Crippen LogP contribution in [0.3, 0.4) is 0 Å². The monoisotopic (exact) mass is 306 g/mol. The normalized spacial score (nSPS) is 10.1. The standard InChI is InChI=1S/C14H14N2O2S2/c1-18-12-7-10(14(15)19)2-3-11(12)16-13(17)6-9-4-5-20-8-9/h2-5,7-8H,6H2,1H3,(H2,15,19)(H,16,17). The summed E-state index contributed by atoms with van der Waals surface area (Å²) in [4.78, 5) is 12.2. The van der Waals surface area contributed by atoms with Gasteiger partial charge in [0.1, 0.15) is 10.7 Å². The highest BCUT2D eigenvalue weighted by Gasteiger charge is 2.10. The molecule has 0 unspecified atom stereocenters. The topological polar surface area (TPSA) is 64.3 Å². The van der Waals surface area contributed by atoms with Gasteiger partial charge in [0.15, 0.2) is 0 Å². The first-order chi connectivity index (χ1) is 9.60. The Balaban J connectivity index is 2.12. The molecular formula is C14H14N2O2S2. The van der Waals surface area contributed by atoms with E-state index in [0.717, 1.165) is 5.56 Å². The number of benzene rings is 1. The van der Waals surface area contributed by atoms with E-state index in [1.165, 1.54) is 7.11 Å². The molecule has 0 radical (unpaired) electrons. The van der Waals surface area contributed by atoms with Gasteiger partial charge in [-0.1, -0.05) is 12.2 Å². The molecule has 0 bridgehead atoms. The number of nitrogens with two attached hydrogens (primary N) is 1. The maximum atomic E-state index is 12.0. The van der Waals surface area contributed by atoms with Crippen molar-refractivity contribution in [2.24, 2.45) is 5.73 Å². The van der Waals surface area contributed by atoms with E-state index in [1.807, 2.05) is 16.8 Å². The molecule has 0 spiro atoms. The minimum Gasteiger partial charge on any atom is -0.495 e. The Bertz CT molecular complexity index is 624. The summed E-state index contributed by atoms with van der Waals surface area (Å²) >= 11 is 6.48. The van der Waals surface area contributed by atoms with Crippen molar-refractivity contribution >= 4 is 40.1 Å². The second-order valence-electron chi connectivity index (χ2n) is 4.14. The Kier molecular flexibility index (Phi) is 4.70. The largest absolute Gasteiger partial charge is 0.495 e. The highest BCUT2D eigenvalue weighted by Crippen LogP contribution is 2.25. The lowest BCUT2D eigenvalue weighted by Crippen LogP contribution is -2.15. The Morgan fingerprint density at radius 1 is 1.45 bits per heavy atom. The van der Waals surface area contributed by atoms with Gasteiger partial charge in [0, 0.05) is 5.56 Å². The van der Waals surface area contributed by atoms with E-state index in [9.17, 15) is 4.79 Å². The third kappa shape index (κ3) is 3.55. The predicted octanol–water partition coefficient (Wildman–Crippen LogP) is 2.57. The Morgan fingerprint density at radius 2 is 2.25 bits per heavy atom. The first-order valence-electron chi connectivity index (χ1n) is 5.89. The summed E-state index contributed by atoms with van der Waals surface area (Å²) in [5.74, 6) is 0.443. The van der Waals surface area contributed by atoms with Crippen molar-refractivity contribution in [1.29, 1.82) is 0 Å². The fourth-order valence-corrected chi connectivity index (χ4v) is 2.52. The summed E-state index contributed by atoms with van der Waals surface area (Å²) in [5.41, 5.74) is 7.87. The molecular weight excluding hydrogens is 292 g/mol. The van der Waals surface area contributed by atoms with Crippen molar-refractivity contribution in [3.63, 3.8) is 0 Å². The van der Waals surface area contributed by atoms with Crippen LogP contribution in [0.1, 0.15) is 11.1 Å². The van der Waals surface area contributed by atoms with E-state index >= 15 is 0 Å². The Labute approximate surface area is 126 Å². The zero-order valence-electron chi connectivity index (χ0n) is 10.9. The number of rotatable bonds is 5. The zero-order valence-corrected chi connectivity index (χ0v) is 12.5. The first-order valence-corrected chi connectivity index (χ1v) is 7.24. The first kappa shape index (κ1) is 14.5. The van der Waals surface area contributed by atoms with Gasteiger partial charge < -0.3 is 15.8 Å². The summed E-state index contributed by atoms with van der Waals surface area (Å²) in [6, 6.07) is 7.13. The van der Waals surface area contributed by atoms with E-state index in [0.29, 0.717) is 28.4 Å². The van der Waals surface area contributed by atoms with Gasteiger partial charge in [0.25, 0.3) is 0 Å². The molecule has 2 aromatic rings. The van der Waals surface area contributed by atoms with E-state index in [2.05, 4.69) is 5.32 Å². The number of ether oxygens (including phenoxy) is 1. The summed E-state index contributed by atoms with van der Waals surface area (Å²) < 4.78 is 5.24. The SMILES string of the molecule is COc1cc(C(N)=S)ccc1NC(=O)Cc1ccsc1. The molecule has 104 valence electrons. The van der Waals surface area contributed by atoms with Crippen LogP contribution < -0.4 is 15.8 Å². The molecule has 20 heavy (non-hydrogen) atoms. The van der Waals surface area contributed by atoms with Gasteiger partial charge in [-0.15, -0.1) is 0 Å². The molecule has 0 atom stereocenters. The molecule has 6 heteroatoms. The van der Waals surface area contributed by atoms with Crippen LogP contribution in [-0.4, -0.2) is 18.0 Å². The Morgan fingerprint density at radius 3 is 2.85 bits per heavy atom. The third-order valence-electron chi connectivity index (χ3n) is 2.70. The van der Waals surface area contributed by atoms with Crippen LogP contribution in [0.15, 0.2) is 35.0 Å². The second kappa shape index (κ2) is 6.49. The molecule has 1 heterocycles. The van der Waals surface area contributed by atoms with Crippen LogP contribution in [0.2, 0.25) is 0 Å². The van der Waals surface area contributed by atoms with Crippen LogP contribution in [-0.2, 0) is 11.2 Å². The quantitative estimate of drug-likeness (QED) is 0.833. The smallest absolute Gasteiger partial charge is 0.228 e. The van der Waals surface area contributed by atoms with E-state index < -0.39 is 0 Å². The number of hydrogen-bond acceptors (Lipinski definition) is 4. The van der Waals surface area contributed by atoms with E-state index in [1.54, 1.807) is 29.5 Å². The molecule has 4 nitrogen and oxygen atoms in total. The van der Waals surface area contributed by atoms with Gasteiger partial charge in [-0.25, -0.2) is 0 Å². The van der Waals surface area contributed by atoms with Crippen molar-refractivity contribution in [2.45, 2.75) is 6.42 Å². The number of nitrogens with one attached hydrogen (secondary N) is 1. The van der Waals surface area contributed by atoms with E-state index in [-0.39, 0.29) is 5.91 Å². The number of amides is 1. The molecule has 1 amide bonds. The minimum absolute atomic E-state index is 0.0928. The zero-order chi connectivity index (χ0) is 14.5. The average molecular weight is 306 g/mol. The van der Waals surface area contributed by atoms with Crippen LogP contribution >= 0.6 is 23.6 Å². The number of anilines is 1. The lowest BCUT2D eigenvalue weighted by molar-refractivity contribution is -0.115. The van der Waals surface area contributed by atoms with Gasteiger partial charge in [0.05, 0.1) is 19.2 Å². The molecule has 0 saturated carbocycles. The van der Waals surface area contributed by atoms with Gasteiger partial charge in [0.2, 0.25) is 5.91 Å². The van der Waals surface area contributed by atoms with Crippen LogP contribution in [0.4, 0.5) is 5.69 Å². The number of thiocarbonyl (C=S) groups is 1. The van der Waals surface area contributed by atoms with Gasteiger partial charge in [-0.05, 0) is 40.6 Å². The fourth-order valence-electron chi connectivity index (χ4n) is 1.72. The number of carbonyl (C=O) groups is 1. The molecule has 0 saturated heterocycles. The van der Waals surface area contributed by atoms with Crippen molar-refractivity contribution in [2.75, 3.05) is 12.4 Å². The molecule has 0 aliphatic heterocycles. The third-order valence-corrected chi connectivity index (χ3v) is 3.67. The lowest BCUT2D eigenvalue weighted by atomic mass is 10.1. The van der Waals surface area contributed by atoms with Crippen LogP contribution in [0.5, 0.6) is 5.75 Å². The summed E-state index contributed by atoms with van der Waals surface area (Å²) in [6.07, 6.45) is 0.337. The predicted molar refractivity (Wildman–Crippen MR) is 85.5 cm³/mol. The summed E-state index contributed by atoms with van der Waals surface area (Å²) in [7, 11) is 1.53. The van der Waals surface area contributed by atoms with E-state index in [4.69, 9.17) is 22.7 Å². The lowest BCUT2D eigenvalue weighted by Gasteiger charge is -2.11. The maximum absolute atomic E-state index is 12.0. The second-order valence-corrected chi connectivity index (χ2v) is 5.36. The number of carbonyl (C=O) groups excluding carboxylic acids is 1. The highest BCUT2D eigenvalue weighted by molar-refractivity contribution is 7.80. The molecule has 0 aliphatic carbocycles. The minimum atomic E-state index is -0.0928. The average Bonchev–Trinajstić information content (AvgIpc) is 2.91. The maximum Gasteiger partial charge on any atom is 0.228 e. The molecule has 3 N–H and O–H groups in total. The molecule has 0 aliphatic rings. The number of methoxy groups -OCH3 is 1. The van der Waals surface area contributed by atoms with Gasteiger partial charge in [-0.2, -0.15) is 11.3 Å². The molecule has 0 fully saturated rings. The summed E-state index contributed by atoms with van der Waals surface area (Å²) in [5, 5.41) is 6.72. The molecule has 1 aromatic carbocycles. The van der Waals surface area contributed by atoms with Crippen LogP contribution in [0.25, 0.3) is 0 Å². The van der Waals surface area contributed by atoms with Gasteiger partial charge in [-0.3, -0.25) is 4.79 Å². The van der Waals surface area contributed by atoms with Gasteiger partial charge >= 0.3 is 0 Å². The van der Waals surface area contributed by atoms with Crippen molar-refractivity contribution in [3.8, 4) is 5.75 Å².